The topological polar surface area (TPSA) is 55.6 Å². The van der Waals surface area contributed by atoms with Crippen molar-refractivity contribution in [3.05, 3.63) is 35.9 Å². The summed E-state index contributed by atoms with van der Waals surface area (Å²) < 4.78 is 5.29. The first-order valence-corrected chi connectivity index (χ1v) is 6.33. The van der Waals surface area contributed by atoms with E-state index in [2.05, 4.69) is 0 Å². The van der Waals surface area contributed by atoms with Crippen LogP contribution in [0.1, 0.15) is 17.9 Å². The largest absolute Gasteiger partial charge is 0.380 e. The highest BCUT2D eigenvalue weighted by molar-refractivity contribution is 5.84. The second-order valence-corrected chi connectivity index (χ2v) is 4.63. The zero-order valence-corrected chi connectivity index (χ0v) is 10.7. The van der Waals surface area contributed by atoms with E-state index in [9.17, 15) is 4.79 Å². The molecule has 1 aromatic rings. The van der Waals surface area contributed by atoms with Gasteiger partial charge < -0.3 is 15.4 Å². The third-order valence-electron chi connectivity index (χ3n) is 3.53. The molecule has 0 saturated carbocycles. The number of hydrogen-bond acceptors (Lipinski definition) is 3. The van der Waals surface area contributed by atoms with Crippen LogP contribution in [-0.4, -0.2) is 43.7 Å². The zero-order valence-electron chi connectivity index (χ0n) is 10.7. The monoisotopic (exact) mass is 248 g/mol. The van der Waals surface area contributed by atoms with Crippen LogP contribution in [0.4, 0.5) is 0 Å². The molecule has 1 aliphatic rings. The lowest BCUT2D eigenvalue weighted by molar-refractivity contribution is -0.132. The molecule has 1 heterocycles. The Morgan fingerprint density at radius 3 is 2.78 bits per heavy atom. The number of benzene rings is 1. The first-order chi connectivity index (χ1) is 8.76. The second kappa shape index (κ2) is 5.98. The predicted octanol–water partition coefficient (Wildman–Crippen LogP) is 0.976. The van der Waals surface area contributed by atoms with E-state index in [1.54, 1.807) is 7.11 Å². The van der Waals surface area contributed by atoms with E-state index in [1.807, 2.05) is 35.2 Å². The third kappa shape index (κ3) is 2.71. The molecule has 1 amide bonds. The van der Waals surface area contributed by atoms with Crippen molar-refractivity contribution in [1.82, 2.24) is 4.90 Å². The molecule has 0 radical (unpaired) electrons. The smallest absolute Gasteiger partial charge is 0.231 e. The summed E-state index contributed by atoms with van der Waals surface area (Å²) in [6, 6.07) is 9.73. The Balaban J connectivity index is 2.07. The molecule has 2 atom stereocenters. The highest BCUT2D eigenvalue weighted by Gasteiger charge is 2.30. The summed E-state index contributed by atoms with van der Waals surface area (Å²) in [7, 11) is 1.69. The maximum Gasteiger partial charge on any atom is 0.231 e. The molecule has 18 heavy (non-hydrogen) atoms. The Morgan fingerprint density at radius 1 is 1.50 bits per heavy atom. The summed E-state index contributed by atoms with van der Waals surface area (Å²) in [5.41, 5.74) is 6.75. The maximum atomic E-state index is 12.4. The van der Waals surface area contributed by atoms with Crippen molar-refractivity contribution in [1.29, 1.82) is 0 Å². The van der Waals surface area contributed by atoms with Crippen LogP contribution in [0.15, 0.2) is 30.3 Å². The van der Waals surface area contributed by atoms with Gasteiger partial charge in [-0.05, 0) is 12.0 Å². The average Bonchev–Trinajstić information content (AvgIpc) is 2.89. The van der Waals surface area contributed by atoms with Crippen LogP contribution >= 0.6 is 0 Å². The third-order valence-corrected chi connectivity index (χ3v) is 3.53. The number of amides is 1. The lowest BCUT2D eigenvalue weighted by Crippen LogP contribution is -2.37. The minimum Gasteiger partial charge on any atom is -0.380 e. The molecule has 1 aliphatic heterocycles. The Bertz CT molecular complexity index is 394. The van der Waals surface area contributed by atoms with E-state index in [1.165, 1.54) is 0 Å². The Labute approximate surface area is 108 Å². The summed E-state index contributed by atoms with van der Waals surface area (Å²) in [6.45, 7) is 1.79. The van der Waals surface area contributed by atoms with Crippen molar-refractivity contribution in [3.63, 3.8) is 0 Å². The van der Waals surface area contributed by atoms with E-state index in [0.29, 0.717) is 13.1 Å². The molecule has 2 N–H and O–H groups in total. The number of ether oxygens (including phenoxy) is 1. The number of carbonyl (C=O) groups is 1. The van der Waals surface area contributed by atoms with Crippen molar-refractivity contribution in [2.75, 3.05) is 26.7 Å². The van der Waals surface area contributed by atoms with Gasteiger partial charge in [0.2, 0.25) is 5.91 Å². The summed E-state index contributed by atoms with van der Waals surface area (Å²) >= 11 is 0. The van der Waals surface area contributed by atoms with Crippen molar-refractivity contribution < 1.29 is 9.53 Å². The number of likely N-dealkylation sites (tertiary alicyclic amines) is 1. The van der Waals surface area contributed by atoms with Gasteiger partial charge in [-0.25, -0.2) is 0 Å². The van der Waals surface area contributed by atoms with Crippen LogP contribution in [0.3, 0.4) is 0 Å². The van der Waals surface area contributed by atoms with Crippen LogP contribution in [0.2, 0.25) is 0 Å². The number of nitrogens with two attached hydrogens (primary N) is 1. The van der Waals surface area contributed by atoms with Gasteiger partial charge in [-0.2, -0.15) is 0 Å². The van der Waals surface area contributed by atoms with E-state index in [0.717, 1.165) is 18.5 Å². The maximum absolute atomic E-state index is 12.4. The number of carbonyl (C=O) groups excluding carboxylic acids is 1. The van der Waals surface area contributed by atoms with Gasteiger partial charge in [-0.1, -0.05) is 30.3 Å². The van der Waals surface area contributed by atoms with Crippen molar-refractivity contribution in [2.24, 2.45) is 5.73 Å². The van der Waals surface area contributed by atoms with Crippen LogP contribution in [0, 0.1) is 0 Å². The van der Waals surface area contributed by atoms with Crippen LogP contribution in [-0.2, 0) is 9.53 Å². The standard InChI is InChI=1S/C14H20N2O2/c1-18-12-7-8-16(10-12)14(17)13(9-15)11-5-3-2-4-6-11/h2-6,12-13H,7-10,15H2,1H3. The van der Waals surface area contributed by atoms with Crippen molar-refractivity contribution in [3.8, 4) is 0 Å². The molecule has 98 valence electrons. The molecule has 1 aromatic carbocycles. The Morgan fingerprint density at radius 2 is 2.22 bits per heavy atom. The highest BCUT2D eigenvalue weighted by atomic mass is 16.5. The molecule has 4 heteroatoms. The van der Waals surface area contributed by atoms with Crippen LogP contribution < -0.4 is 5.73 Å². The van der Waals surface area contributed by atoms with Gasteiger partial charge in [0, 0.05) is 26.7 Å². The molecule has 4 nitrogen and oxygen atoms in total. The van der Waals surface area contributed by atoms with Gasteiger partial charge in [-0.3, -0.25) is 4.79 Å². The quantitative estimate of drug-likeness (QED) is 0.864. The molecule has 0 aliphatic carbocycles. The van der Waals surface area contributed by atoms with Gasteiger partial charge in [0.05, 0.1) is 12.0 Å². The molecular formula is C14H20N2O2. The molecule has 0 aromatic heterocycles. The molecule has 2 unspecified atom stereocenters. The van der Waals surface area contributed by atoms with Crippen molar-refractivity contribution in [2.45, 2.75) is 18.4 Å². The lowest BCUT2D eigenvalue weighted by Gasteiger charge is -2.22. The van der Waals surface area contributed by atoms with Crippen molar-refractivity contribution >= 4 is 5.91 Å². The van der Waals surface area contributed by atoms with Crippen LogP contribution in [0.25, 0.3) is 0 Å². The minimum atomic E-state index is -0.234. The van der Waals surface area contributed by atoms with Gasteiger partial charge >= 0.3 is 0 Å². The number of methoxy groups -OCH3 is 1. The zero-order chi connectivity index (χ0) is 13.0. The fourth-order valence-electron chi connectivity index (χ4n) is 2.41. The van der Waals surface area contributed by atoms with Gasteiger partial charge in [0.15, 0.2) is 0 Å². The Kier molecular flexibility index (Phi) is 4.33. The molecule has 2 rings (SSSR count). The van der Waals surface area contributed by atoms with Crippen LogP contribution in [0.5, 0.6) is 0 Å². The summed E-state index contributed by atoms with van der Waals surface area (Å²) in [5, 5.41) is 0. The first-order valence-electron chi connectivity index (χ1n) is 6.33. The summed E-state index contributed by atoms with van der Waals surface area (Å²) in [6.07, 6.45) is 1.08. The molecule has 1 saturated heterocycles. The first kappa shape index (κ1) is 13.1. The highest BCUT2D eigenvalue weighted by Crippen LogP contribution is 2.21. The van der Waals surface area contributed by atoms with E-state index in [4.69, 9.17) is 10.5 Å². The number of nitrogens with zero attached hydrogens (tertiary/aromatic N) is 1. The molecular weight excluding hydrogens is 228 g/mol. The predicted molar refractivity (Wildman–Crippen MR) is 70.2 cm³/mol. The fraction of sp³-hybridized carbons (Fsp3) is 0.500. The van der Waals surface area contributed by atoms with Gasteiger partial charge in [-0.15, -0.1) is 0 Å². The lowest BCUT2D eigenvalue weighted by atomic mass is 9.98. The Hall–Kier alpha value is -1.39. The normalized spacial score (nSPS) is 21.0. The molecule has 0 spiro atoms. The molecule has 1 fully saturated rings. The van der Waals surface area contributed by atoms with Gasteiger partial charge in [0.25, 0.3) is 0 Å². The van der Waals surface area contributed by atoms with E-state index >= 15 is 0 Å². The summed E-state index contributed by atoms with van der Waals surface area (Å²) in [4.78, 5) is 14.3. The van der Waals surface area contributed by atoms with Gasteiger partial charge in [0.1, 0.15) is 0 Å². The number of hydrogen-bond donors (Lipinski definition) is 1. The van der Waals surface area contributed by atoms with E-state index in [-0.39, 0.29) is 17.9 Å². The number of rotatable bonds is 4. The second-order valence-electron chi connectivity index (χ2n) is 4.63. The summed E-state index contributed by atoms with van der Waals surface area (Å²) in [5.74, 6) is -0.120. The minimum absolute atomic E-state index is 0.114. The SMILES string of the molecule is COC1CCN(C(=O)C(CN)c2ccccc2)C1. The van der Waals surface area contributed by atoms with E-state index < -0.39 is 0 Å². The average molecular weight is 248 g/mol. The molecule has 0 bridgehead atoms. The fourth-order valence-corrected chi connectivity index (χ4v) is 2.41.